The van der Waals surface area contributed by atoms with Crippen LogP contribution in [0.5, 0.6) is 5.75 Å². The van der Waals surface area contributed by atoms with Gasteiger partial charge < -0.3 is 34.3 Å². The van der Waals surface area contributed by atoms with Crippen molar-refractivity contribution in [1.29, 1.82) is 0 Å². The summed E-state index contributed by atoms with van der Waals surface area (Å²) in [7, 11) is 0. The van der Waals surface area contributed by atoms with Gasteiger partial charge >= 0.3 is 5.97 Å². The number of ether oxygens (including phenoxy) is 2. The zero-order valence-electron chi connectivity index (χ0n) is 15.4. The Balaban J connectivity index is 1.66. The van der Waals surface area contributed by atoms with E-state index in [-0.39, 0.29) is 16.8 Å². The Morgan fingerprint density at radius 2 is 1.67 bits per heavy atom. The maximum atomic E-state index is 12.4. The van der Waals surface area contributed by atoms with Crippen molar-refractivity contribution in [2.24, 2.45) is 0 Å². The molecule has 1 aliphatic heterocycles. The van der Waals surface area contributed by atoms with Crippen molar-refractivity contribution in [1.82, 2.24) is 0 Å². The molecule has 2 aromatic carbocycles. The van der Waals surface area contributed by atoms with E-state index in [4.69, 9.17) is 19.0 Å². The van der Waals surface area contributed by atoms with E-state index in [1.807, 2.05) is 6.07 Å². The third-order valence-electron chi connectivity index (χ3n) is 4.82. The molecule has 1 fully saturated rings. The predicted octanol–water partition coefficient (Wildman–Crippen LogP) is 0.731. The largest absolute Gasteiger partial charge is 0.479 e. The minimum Gasteiger partial charge on any atom is -0.479 e. The summed E-state index contributed by atoms with van der Waals surface area (Å²) >= 11 is 0. The minimum absolute atomic E-state index is 0.104. The van der Waals surface area contributed by atoms with Gasteiger partial charge in [0.15, 0.2) is 11.5 Å². The smallest absolute Gasteiger partial charge is 0.335 e. The average molecular weight is 414 g/mol. The first-order valence-corrected chi connectivity index (χ1v) is 9.07. The van der Waals surface area contributed by atoms with Crippen LogP contribution in [0.3, 0.4) is 0 Å². The third kappa shape index (κ3) is 3.66. The number of aliphatic hydroxyl groups excluding tert-OH is 3. The fraction of sp³-hybridized carbons (Fsp3) is 0.238. The average Bonchev–Trinajstić information content (AvgIpc) is 2.74. The number of hydrogen-bond acceptors (Lipinski definition) is 8. The normalized spacial score (nSPS) is 26.4. The van der Waals surface area contributed by atoms with E-state index in [2.05, 4.69) is 0 Å². The summed E-state index contributed by atoms with van der Waals surface area (Å²) < 4.78 is 16.4. The summed E-state index contributed by atoms with van der Waals surface area (Å²) in [6.07, 6.45) is -8.65. The number of carboxylic acids is 1. The molecule has 0 amide bonds. The lowest BCUT2D eigenvalue weighted by Crippen LogP contribution is -2.61. The first-order valence-electron chi connectivity index (χ1n) is 9.07. The van der Waals surface area contributed by atoms with Crippen LogP contribution >= 0.6 is 0 Å². The molecule has 1 aromatic heterocycles. The molecule has 0 radical (unpaired) electrons. The van der Waals surface area contributed by atoms with Crippen LogP contribution in [0.15, 0.2) is 63.8 Å². The van der Waals surface area contributed by atoms with Gasteiger partial charge in [-0.25, -0.2) is 4.79 Å². The lowest BCUT2D eigenvalue weighted by Gasteiger charge is -2.38. The van der Waals surface area contributed by atoms with Gasteiger partial charge in [-0.2, -0.15) is 0 Å². The number of aliphatic carboxylic acids is 1. The Bertz CT molecular complexity index is 1120. The molecule has 30 heavy (non-hydrogen) atoms. The minimum atomic E-state index is -1.82. The molecule has 1 saturated heterocycles. The summed E-state index contributed by atoms with van der Waals surface area (Å²) in [5.74, 6) is -1.06. The summed E-state index contributed by atoms with van der Waals surface area (Å²) in [4.78, 5) is 23.6. The highest BCUT2D eigenvalue weighted by molar-refractivity contribution is 5.80. The van der Waals surface area contributed by atoms with Gasteiger partial charge in [0.1, 0.15) is 35.4 Å². The second-order valence-corrected chi connectivity index (χ2v) is 6.85. The Morgan fingerprint density at radius 3 is 2.37 bits per heavy atom. The van der Waals surface area contributed by atoms with Gasteiger partial charge in [-0.1, -0.05) is 30.3 Å². The van der Waals surface area contributed by atoms with Crippen LogP contribution in [0.2, 0.25) is 0 Å². The molecular formula is C21H18O9. The summed E-state index contributed by atoms with van der Waals surface area (Å²) in [6.45, 7) is 0. The molecule has 1 unspecified atom stereocenters. The molecule has 156 valence electrons. The van der Waals surface area contributed by atoms with E-state index in [0.717, 1.165) is 0 Å². The molecule has 4 N–H and O–H groups in total. The van der Waals surface area contributed by atoms with Crippen molar-refractivity contribution >= 4 is 16.9 Å². The first kappa shape index (κ1) is 20.0. The Hall–Kier alpha value is -3.24. The lowest BCUT2D eigenvalue weighted by atomic mass is 9.99. The number of aliphatic hydroxyl groups is 3. The van der Waals surface area contributed by atoms with Crippen molar-refractivity contribution < 1.29 is 39.1 Å². The van der Waals surface area contributed by atoms with Gasteiger partial charge in [-0.05, 0) is 12.1 Å². The molecule has 3 aromatic rings. The van der Waals surface area contributed by atoms with Crippen molar-refractivity contribution in [3.05, 3.63) is 64.8 Å². The van der Waals surface area contributed by atoms with Crippen LogP contribution < -0.4 is 10.2 Å². The molecule has 4 rings (SSSR count). The van der Waals surface area contributed by atoms with E-state index in [1.54, 1.807) is 24.3 Å². The highest BCUT2D eigenvalue weighted by atomic mass is 16.7. The highest BCUT2D eigenvalue weighted by Gasteiger charge is 2.48. The van der Waals surface area contributed by atoms with Crippen LogP contribution in [-0.4, -0.2) is 57.1 Å². The second kappa shape index (κ2) is 7.88. The van der Waals surface area contributed by atoms with Crippen molar-refractivity contribution in [2.45, 2.75) is 30.7 Å². The van der Waals surface area contributed by atoms with Gasteiger partial charge in [0.05, 0.1) is 5.39 Å². The zero-order valence-corrected chi connectivity index (χ0v) is 15.4. The number of rotatable bonds is 4. The van der Waals surface area contributed by atoms with Crippen LogP contribution in [0, 0.1) is 0 Å². The SMILES string of the molecule is O=C(O)[C@H]1OC(Oc2ccc3c(=O)cc(-c4ccccc4)oc3c2)[C@H](O)[C@@H](O)[C@@H]1O. The third-order valence-corrected chi connectivity index (χ3v) is 4.82. The molecule has 1 aliphatic rings. The molecule has 0 saturated carbocycles. The highest BCUT2D eigenvalue weighted by Crippen LogP contribution is 2.28. The first-order chi connectivity index (χ1) is 14.3. The quantitative estimate of drug-likeness (QED) is 0.485. The van der Waals surface area contributed by atoms with Crippen LogP contribution in [0.1, 0.15) is 0 Å². The molecule has 0 aliphatic carbocycles. The number of hydrogen-bond donors (Lipinski definition) is 4. The number of carboxylic acid groups (broad SMARTS) is 1. The Morgan fingerprint density at radius 1 is 0.933 bits per heavy atom. The van der Waals surface area contributed by atoms with E-state index in [0.29, 0.717) is 16.7 Å². The van der Waals surface area contributed by atoms with Crippen LogP contribution in [0.25, 0.3) is 22.3 Å². The fourth-order valence-electron chi connectivity index (χ4n) is 3.24. The van der Waals surface area contributed by atoms with Crippen LogP contribution in [0.4, 0.5) is 0 Å². The van der Waals surface area contributed by atoms with Gasteiger partial charge in [-0.15, -0.1) is 0 Å². The van der Waals surface area contributed by atoms with E-state index < -0.39 is 36.7 Å². The molecule has 9 nitrogen and oxygen atoms in total. The summed E-state index contributed by atoms with van der Waals surface area (Å²) in [6, 6.07) is 14.7. The molecule has 2 heterocycles. The molecular weight excluding hydrogens is 396 g/mol. The van der Waals surface area contributed by atoms with Crippen molar-refractivity contribution in [3.63, 3.8) is 0 Å². The molecule has 0 spiro atoms. The fourth-order valence-corrected chi connectivity index (χ4v) is 3.24. The molecule has 9 heteroatoms. The summed E-state index contributed by atoms with van der Waals surface area (Å²) in [5, 5.41) is 39.2. The standard InChI is InChI=1S/C21H18O9/c22-13-9-14(10-4-2-1-3-5-10)29-15-8-11(6-7-12(13)15)28-21-18(25)16(23)17(24)19(30-21)20(26)27/h1-9,16-19,21,23-25H,(H,26,27)/t16-,17-,18+,19-,21?/m0/s1. The van der Waals surface area contributed by atoms with Gasteiger partial charge in [-0.3, -0.25) is 4.79 Å². The van der Waals surface area contributed by atoms with Gasteiger partial charge in [0, 0.05) is 17.7 Å². The monoisotopic (exact) mass is 414 g/mol. The topological polar surface area (TPSA) is 147 Å². The molecule has 5 atom stereocenters. The van der Waals surface area contributed by atoms with E-state index in [9.17, 15) is 24.9 Å². The van der Waals surface area contributed by atoms with Crippen LogP contribution in [-0.2, 0) is 9.53 Å². The Labute approximate surface area is 169 Å². The van der Waals surface area contributed by atoms with Gasteiger partial charge in [0.25, 0.3) is 0 Å². The van der Waals surface area contributed by atoms with Crippen molar-refractivity contribution in [2.75, 3.05) is 0 Å². The van der Waals surface area contributed by atoms with E-state index >= 15 is 0 Å². The summed E-state index contributed by atoms with van der Waals surface area (Å²) in [5.41, 5.74) is 0.648. The molecule has 0 bridgehead atoms. The number of fused-ring (bicyclic) bond motifs is 1. The second-order valence-electron chi connectivity index (χ2n) is 6.85. The number of carbonyl (C=O) groups is 1. The maximum Gasteiger partial charge on any atom is 0.335 e. The maximum absolute atomic E-state index is 12.4. The lowest BCUT2D eigenvalue weighted by molar-refractivity contribution is -0.271. The predicted molar refractivity (Wildman–Crippen MR) is 103 cm³/mol. The van der Waals surface area contributed by atoms with Crippen molar-refractivity contribution in [3.8, 4) is 17.1 Å². The van der Waals surface area contributed by atoms with E-state index in [1.165, 1.54) is 24.3 Å². The Kier molecular flexibility index (Phi) is 5.27. The van der Waals surface area contributed by atoms with Gasteiger partial charge in [0.2, 0.25) is 6.29 Å². The zero-order chi connectivity index (χ0) is 21.4. The number of benzene rings is 2.